The van der Waals surface area contributed by atoms with Crippen LogP contribution < -0.4 is 16.0 Å². The van der Waals surface area contributed by atoms with Gasteiger partial charge in [-0.3, -0.25) is 14.6 Å². The highest BCUT2D eigenvalue weighted by Crippen LogP contribution is 2.23. The zero-order valence-electron chi connectivity index (χ0n) is 14.0. The van der Waals surface area contributed by atoms with Crippen molar-refractivity contribution in [3.8, 4) is 0 Å². The molecule has 0 saturated carbocycles. The average molecular weight is 338 g/mol. The molecule has 2 aromatic rings. The number of hydrogen-bond acceptors (Lipinski definition) is 4. The van der Waals surface area contributed by atoms with Crippen molar-refractivity contribution < 1.29 is 9.59 Å². The molecule has 3 N–H and O–H groups in total. The lowest BCUT2D eigenvalue weighted by Crippen LogP contribution is -2.41. The van der Waals surface area contributed by atoms with Gasteiger partial charge in [0.1, 0.15) is 0 Å². The number of piperidine rings is 1. The van der Waals surface area contributed by atoms with Gasteiger partial charge >= 0.3 is 0 Å². The van der Waals surface area contributed by atoms with Crippen molar-refractivity contribution >= 4 is 17.5 Å². The largest absolute Gasteiger partial charge is 0.371 e. The molecule has 6 heteroatoms. The summed E-state index contributed by atoms with van der Waals surface area (Å²) in [7, 11) is 0. The lowest BCUT2D eigenvalue weighted by Gasteiger charge is -2.33. The van der Waals surface area contributed by atoms with Gasteiger partial charge < -0.3 is 16.0 Å². The van der Waals surface area contributed by atoms with Crippen LogP contribution in [-0.2, 0) is 11.3 Å². The minimum Gasteiger partial charge on any atom is -0.371 e. The van der Waals surface area contributed by atoms with E-state index in [0.717, 1.165) is 30.6 Å². The summed E-state index contributed by atoms with van der Waals surface area (Å²) in [6.07, 6.45) is 5.02. The minimum atomic E-state index is -0.223. The van der Waals surface area contributed by atoms with Gasteiger partial charge in [-0.2, -0.15) is 0 Å². The Morgan fingerprint density at radius 3 is 2.72 bits per heavy atom. The fourth-order valence-corrected chi connectivity index (χ4v) is 3.05. The van der Waals surface area contributed by atoms with Crippen molar-refractivity contribution in [1.82, 2.24) is 10.3 Å². The van der Waals surface area contributed by atoms with Crippen LogP contribution in [-0.4, -0.2) is 29.9 Å². The van der Waals surface area contributed by atoms with Crippen LogP contribution in [0.3, 0.4) is 0 Å². The number of hydrogen-bond donors (Lipinski definition) is 2. The van der Waals surface area contributed by atoms with Crippen molar-refractivity contribution in [3.63, 3.8) is 0 Å². The summed E-state index contributed by atoms with van der Waals surface area (Å²) in [6.45, 7) is 2.06. The molecular formula is C19H22N4O2. The highest BCUT2D eigenvalue weighted by molar-refractivity contribution is 5.93. The Balaban J connectivity index is 1.57. The summed E-state index contributed by atoms with van der Waals surface area (Å²) < 4.78 is 0. The van der Waals surface area contributed by atoms with Crippen LogP contribution in [0, 0.1) is 5.92 Å². The number of amides is 2. The number of pyridine rings is 1. The predicted molar refractivity (Wildman–Crippen MR) is 96.0 cm³/mol. The summed E-state index contributed by atoms with van der Waals surface area (Å²) in [5.41, 5.74) is 8.08. The maximum absolute atomic E-state index is 12.0. The topological polar surface area (TPSA) is 88.3 Å². The van der Waals surface area contributed by atoms with Gasteiger partial charge in [0.2, 0.25) is 5.91 Å². The van der Waals surface area contributed by atoms with E-state index in [1.165, 1.54) is 0 Å². The van der Waals surface area contributed by atoms with Crippen LogP contribution in [0.15, 0.2) is 48.8 Å². The van der Waals surface area contributed by atoms with Crippen LogP contribution in [0.25, 0.3) is 0 Å². The van der Waals surface area contributed by atoms with Gasteiger partial charge in [0.15, 0.2) is 0 Å². The zero-order valence-corrected chi connectivity index (χ0v) is 14.0. The Kier molecular flexibility index (Phi) is 5.28. The molecule has 3 rings (SSSR count). The normalized spacial score (nSPS) is 17.1. The molecule has 0 radical (unpaired) electrons. The maximum atomic E-state index is 12.0. The van der Waals surface area contributed by atoms with Crippen molar-refractivity contribution in [2.24, 2.45) is 11.7 Å². The molecule has 1 aliphatic heterocycles. The average Bonchev–Trinajstić information content (AvgIpc) is 2.67. The number of anilines is 1. The molecule has 1 saturated heterocycles. The van der Waals surface area contributed by atoms with E-state index in [2.05, 4.69) is 15.2 Å². The molecule has 130 valence electrons. The monoisotopic (exact) mass is 338 g/mol. The van der Waals surface area contributed by atoms with Crippen molar-refractivity contribution in [2.75, 3.05) is 18.0 Å². The number of nitrogens with two attached hydrogens (primary N) is 1. The van der Waals surface area contributed by atoms with Gasteiger partial charge in [0.25, 0.3) is 5.91 Å². The van der Waals surface area contributed by atoms with E-state index < -0.39 is 0 Å². The number of carbonyl (C=O) groups is 2. The van der Waals surface area contributed by atoms with Gasteiger partial charge in [-0.25, -0.2) is 0 Å². The third kappa shape index (κ3) is 4.35. The first kappa shape index (κ1) is 17.0. The SMILES string of the molecule is NC(=O)C1CCCN(c2ccc(CNC(=O)c3cccnc3)cc2)C1. The lowest BCUT2D eigenvalue weighted by atomic mass is 9.97. The second-order valence-electron chi connectivity index (χ2n) is 6.28. The van der Waals surface area contributed by atoms with Crippen molar-refractivity contribution in [3.05, 3.63) is 59.9 Å². The summed E-state index contributed by atoms with van der Waals surface area (Å²) in [5, 5.41) is 2.88. The first-order chi connectivity index (χ1) is 12.1. The lowest BCUT2D eigenvalue weighted by molar-refractivity contribution is -0.122. The second-order valence-corrected chi connectivity index (χ2v) is 6.28. The van der Waals surface area contributed by atoms with Crippen LogP contribution in [0.4, 0.5) is 5.69 Å². The van der Waals surface area contributed by atoms with Gasteiger partial charge in [-0.05, 0) is 42.7 Å². The van der Waals surface area contributed by atoms with Gasteiger partial charge in [-0.1, -0.05) is 12.1 Å². The number of aromatic nitrogens is 1. The highest BCUT2D eigenvalue weighted by atomic mass is 16.2. The van der Waals surface area contributed by atoms with Crippen LogP contribution in [0.1, 0.15) is 28.8 Å². The quantitative estimate of drug-likeness (QED) is 0.869. The van der Waals surface area contributed by atoms with E-state index in [9.17, 15) is 9.59 Å². The van der Waals surface area contributed by atoms with Crippen molar-refractivity contribution in [1.29, 1.82) is 0 Å². The zero-order chi connectivity index (χ0) is 17.6. The van der Waals surface area contributed by atoms with E-state index >= 15 is 0 Å². The number of nitrogens with zero attached hydrogens (tertiary/aromatic N) is 2. The van der Waals surface area contributed by atoms with Gasteiger partial charge in [0, 0.05) is 37.7 Å². The molecule has 1 atom stereocenters. The summed E-state index contributed by atoms with van der Waals surface area (Å²) in [4.78, 5) is 29.6. The fourth-order valence-electron chi connectivity index (χ4n) is 3.05. The van der Waals surface area contributed by atoms with E-state index in [4.69, 9.17) is 5.73 Å². The second kappa shape index (κ2) is 7.79. The molecule has 25 heavy (non-hydrogen) atoms. The molecule has 0 spiro atoms. The van der Waals surface area contributed by atoms with E-state index in [1.807, 2.05) is 24.3 Å². The Labute approximate surface area is 147 Å². The molecule has 2 amide bonds. The third-order valence-electron chi connectivity index (χ3n) is 4.50. The Bertz CT molecular complexity index is 731. The molecule has 1 aliphatic rings. The smallest absolute Gasteiger partial charge is 0.253 e. The van der Waals surface area contributed by atoms with Crippen LogP contribution in [0.2, 0.25) is 0 Å². The van der Waals surface area contributed by atoms with Crippen LogP contribution in [0.5, 0.6) is 0 Å². The molecule has 0 aliphatic carbocycles. The molecule has 1 aromatic carbocycles. The standard InChI is InChI=1S/C19H22N4O2/c20-18(24)16-4-2-10-23(13-16)17-7-5-14(6-8-17)11-22-19(25)15-3-1-9-21-12-15/h1,3,5-9,12,16H,2,4,10-11,13H2,(H2,20,24)(H,22,25). The van der Waals surface area contributed by atoms with E-state index in [0.29, 0.717) is 18.7 Å². The molecule has 1 fully saturated rings. The highest BCUT2D eigenvalue weighted by Gasteiger charge is 2.23. The van der Waals surface area contributed by atoms with E-state index in [1.54, 1.807) is 24.5 Å². The number of carbonyl (C=O) groups excluding carboxylic acids is 2. The van der Waals surface area contributed by atoms with Crippen LogP contribution >= 0.6 is 0 Å². The first-order valence-electron chi connectivity index (χ1n) is 8.45. The molecule has 1 unspecified atom stereocenters. The minimum absolute atomic E-state index is 0.0767. The Morgan fingerprint density at radius 1 is 1.24 bits per heavy atom. The number of benzene rings is 1. The first-order valence-corrected chi connectivity index (χ1v) is 8.45. The molecule has 0 bridgehead atoms. The van der Waals surface area contributed by atoms with Crippen molar-refractivity contribution in [2.45, 2.75) is 19.4 Å². The molecule has 1 aromatic heterocycles. The third-order valence-corrected chi connectivity index (χ3v) is 4.50. The molecular weight excluding hydrogens is 316 g/mol. The predicted octanol–water partition coefficient (Wildman–Crippen LogP) is 1.71. The Morgan fingerprint density at radius 2 is 2.04 bits per heavy atom. The summed E-state index contributed by atoms with van der Waals surface area (Å²) >= 11 is 0. The number of rotatable bonds is 5. The number of nitrogens with one attached hydrogen (secondary N) is 1. The molecule has 2 heterocycles. The van der Waals surface area contributed by atoms with Gasteiger partial charge in [0.05, 0.1) is 11.5 Å². The van der Waals surface area contributed by atoms with E-state index in [-0.39, 0.29) is 17.7 Å². The summed E-state index contributed by atoms with van der Waals surface area (Å²) in [6, 6.07) is 11.5. The maximum Gasteiger partial charge on any atom is 0.253 e. The van der Waals surface area contributed by atoms with Gasteiger partial charge in [-0.15, -0.1) is 0 Å². The fraction of sp³-hybridized carbons (Fsp3) is 0.316. The molecule has 6 nitrogen and oxygen atoms in total. The summed E-state index contributed by atoms with van der Waals surface area (Å²) in [5.74, 6) is -0.441. The number of primary amides is 1. The Hall–Kier alpha value is -2.89.